The van der Waals surface area contributed by atoms with Gasteiger partial charge in [0, 0.05) is 6.54 Å². The van der Waals surface area contributed by atoms with E-state index in [-0.39, 0.29) is 12.2 Å². The van der Waals surface area contributed by atoms with Gasteiger partial charge < -0.3 is 5.73 Å². The second-order valence-corrected chi connectivity index (χ2v) is 6.41. The molecule has 4 nitrogen and oxygen atoms in total. The second-order valence-electron chi connectivity index (χ2n) is 4.61. The standard InChI is InChI=1S/C15H17FN2O2S/c1-3-18(14-10-5-4-7-11(14)2)21(19,20)15-12(16)8-6-9-13(15)17/h4-10H,3,17H2,1-2H3. The Balaban J connectivity index is 2.64. The molecule has 0 aliphatic carbocycles. The van der Waals surface area contributed by atoms with E-state index in [2.05, 4.69) is 0 Å². The average Bonchev–Trinajstić information content (AvgIpc) is 2.41. The summed E-state index contributed by atoms with van der Waals surface area (Å²) >= 11 is 0. The number of sulfonamides is 1. The molecule has 2 rings (SSSR count). The van der Waals surface area contributed by atoms with Crippen molar-refractivity contribution in [1.29, 1.82) is 0 Å². The molecule has 0 aliphatic heterocycles. The van der Waals surface area contributed by atoms with Crippen LogP contribution in [-0.2, 0) is 10.0 Å². The van der Waals surface area contributed by atoms with Gasteiger partial charge in [0.15, 0.2) is 0 Å². The molecule has 112 valence electrons. The zero-order valence-corrected chi connectivity index (χ0v) is 12.7. The van der Waals surface area contributed by atoms with E-state index in [1.165, 1.54) is 12.1 Å². The molecule has 6 heteroatoms. The average molecular weight is 308 g/mol. The third-order valence-corrected chi connectivity index (χ3v) is 5.20. The Morgan fingerprint density at radius 2 is 1.81 bits per heavy atom. The van der Waals surface area contributed by atoms with Gasteiger partial charge in [0.1, 0.15) is 10.7 Å². The summed E-state index contributed by atoms with van der Waals surface area (Å²) in [5, 5.41) is 0. The molecule has 0 spiro atoms. The van der Waals surface area contributed by atoms with Gasteiger partial charge in [-0.05, 0) is 37.6 Å². The van der Waals surface area contributed by atoms with Crippen molar-refractivity contribution in [2.75, 3.05) is 16.6 Å². The molecule has 0 aromatic heterocycles. The van der Waals surface area contributed by atoms with Gasteiger partial charge >= 0.3 is 0 Å². The van der Waals surface area contributed by atoms with Crippen molar-refractivity contribution in [2.45, 2.75) is 18.7 Å². The number of nitrogens with two attached hydrogens (primary N) is 1. The Morgan fingerprint density at radius 3 is 2.38 bits per heavy atom. The largest absolute Gasteiger partial charge is 0.398 e. The monoisotopic (exact) mass is 308 g/mol. The predicted octanol–water partition coefficient (Wildman–Crippen LogP) is 2.93. The van der Waals surface area contributed by atoms with Crippen LogP contribution in [0.5, 0.6) is 0 Å². The van der Waals surface area contributed by atoms with Crippen LogP contribution >= 0.6 is 0 Å². The summed E-state index contributed by atoms with van der Waals surface area (Å²) in [4.78, 5) is -0.477. The summed E-state index contributed by atoms with van der Waals surface area (Å²) in [6.07, 6.45) is 0. The quantitative estimate of drug-likeness (QED) is 0.883. The molecule has 0 bridgehead atoms. The highest BCUT2D eigenvalue weighted by molar-refractivity contribution is 7.93. The van der Waals surface area contributed by atoms with Crippen LogP contribution in [0.2, 0.25) is 0 Å². The highest BCUT2D eigenvalue weighted by Gasteiger charge is 2.29. The van der Waals surface area contributed by atoms with E-state index >= 15 is 0 Å². The topological polar surface area (TPSA) is 63.4 Å². The minimum Gasteiger partial charge on any atom is -0.398 e. The van der Waals surface area contributed by atoms with Crippen LogP contribution < -0.4 is 10.0 Å². The molecule has 0 radical (unpaired) electrons. The van der Waals surface area contributed by atoms with Crippen LogP contribution in [0.15, 0.2) is 47.4 Å². The lowest BCUT2D eigenvalue weighted by Gasteiger charge is -2.25. The van der Waals surface area contributed by atoms with E-state index in [1.54, 1.807) is 32.0 Å². The maximum absolute atomic E-state index is 14.0. The van der Waals surface area contributed by atoms with Crippen molar-refractivity contribution >= 4 is 21.4 Å². The van der Waals surface area contributed by atoms with Crippen molar-refractivity contribution in [3.8, 4) is 0 Å². The van der Waals surface area contributed by atoms with Crippen LogP contribution in [0.4, 0.5) is 15.8 Å². The van der Waals surface area contributed by atoms with E-state index in [1.807, 2.05) is 6.07 Å². The summed E-state index contributed by atoms with van der Waals surface area (Å²) in [6, 6.07) is 10.9. The Bertz CT molecular complexity index is 740. The summed E-state index contributed by atoms with van der Waals surface area (Å²) in [5.41, 5.74) is 6.88. The Morgan fingerprint density at radius 1 is 1.14 bits per heavy atom. The molecule has 0 aliphatic rings. The number of hydrogen-bond donors (Lipinski definition) is 1. The maximum atomic E-state index is 14.0. The molecule has 0 saturated carbocycles. The highest BCUT2D eigenvalue weighted by atomic mass is 32.2. The first kappa shape index (κ1) is 15.3. The first-order valence-corrected chi connectivity index (χ1v) is 7.96. The number of benzene rings is 2. The summed E-state index contributed by atoms with van der Waals surface area (Å²) in [7, 11) is -4.05. The number of aryl methyl sites for hydroxylation is 1. The molecule has 2 N–H and O–H groups in total. The van der Waals surface area contributed by atoms with Crippen molar-refractivity contribution in [3.63, 3.8) is 0 Å². The third kappa shape index (κ3) is 2.71. The lowest BCUT2D eigenvalue weighted by Crippen LogP contribution is -2.32. The molecular formula is C15H17FN2O2S. The number of hydrogen-bond acceptors (Lipinski definition) is 3. The SMILES string of the molecule is CCN(c1ccccc1C)S(=O)(=O)c1c(N)cccc1F. The first-order valence-electron chi connectivity index (χ1n) is 6.52. The molecular weight excluding hydrogens is 291 g/mol. The first-order chi connectivity index (χ1) is 9.89. The summed E-state index contributed by atoms with van der Waals surface area (Å²) in [5.74, 6) is -0.845. The summed E-state index contributed by atoms with van der Waals surface area (Å²) in [6.45, 7) is 3.68. The molecule has 2 aromatic rings. The van der Waals surface area contributed by atoms with Gasteiger partial charge in [0.2, 0.25) is 0 Å². The molecule has 2 aromatic carbocycles. The van der Waals surface area contributed by atoms with Gasteiger partial charge in [-0.1, -0.05) is 24.3 Å². The van der Waals surface area contributed by atoms with Crippen molar-refractivity contribution in [2.24, 2.45) is 0 Å². The van der Waals surface area contributed by atoms with Crippen LogP contribution in [-0.4, -0.2) is 15.0 Å². The minimum atomic E-state index is -4.05. The molecule has 0 atom stereocenters. The number of nitrogen functional groups attached to an aromatic ring is 1. The predicted molar refractivity (Wildman–Crippen MR) is 82.2 cm³/mol. The van der Waals surface area contributed by atoms with Crippen molar-refractivity contribution < 1.29 is 12.8 Å². The number of anilines is 2. The minimum absolute atomic E-state index is 0.0953. The second kappa shape index (κ2) is 5.73. The molecule has 0 amide bonds. The lowest BCUT2D eigenvalue weighted by atomic mass is 10.2. The maximum Gasteiger partial charge on any atom is 0.269 e. The number of nitrogens with zero attached hydrogens (tertiary/aromatic N) is 1. The van der Waals surface area contributed by atoms with Gasteiger partial charge in [-0.15, -0.1) is 0 Å². The van der Waals surface area contributed by atoms with E-state index in [0.29, 0.717) is 5.69 Å². The van der Waals surface area contributed by atoms with Gasteiger partial charge in [-0.25, -0.2) is 12.8 Å². The number of para-hydroxylation sites is 1. The van der Waals surface area contributed by atoms with Crippen LogP contribution in [0.25, 0.3) is 0 Å². The van der Waals surface area contributed by atoms with E-state index < -0.39 is 20.7 Å². The summed E-state index contributed by atoms with van der Waals surface area (Å²) < 4.78 is 40.7. The Kier molecular flexibility index (Phi) is 4.18. The van der Waals surface area contributed by atoms with E-state index in [0.717, 1.165) is 15.9 Å². The van der Waals surface area contributed by atoms with Gasteiger partial charge in [0.05, 0.1) is 11.4 Å². The molecule has 0 fully saturated rings. The fourth-order valence-corrected chi connectivity index (χ4v) is 3.93. The van der Waals surface area contributed by atoms with Crippen molar-refractivity contribution in [1.82, 2.24) is 0 Å². The fourth-order valence-electron chi connectivity index (χ4n) is 2.22. The molecule has 0 saturated heterocycles. The zero-order valence-electron chi connectivity index (χ0n) is 11.9. The van der Waals surface area contributed by atoms with Gasteiger partial charge in [0.25, 0.3) is 10.0 Å². The normalized spacial score (nSPS) is 11.4. The van der Waals surface area contributed by atoms with Gasteiger partial charge in [-0.3, -0.25) is 4.31 Å². The Labute approximate surface area is 124 Å². The van der Waals surface area contributed by atoms with E-state index in [4.69, 9.17) is 5.73 Å². The Hall–Kier alpha value is -2.08. The smallest absolute Gasteiger partial charge is 0.269 e. The van der Waals surface area contributed by atoms with Gasteiger partial charge in [-0.2, -0.15) is 0 Å². The number of rotatable bonds is 4. The van der Waals surface area contributed by atoms with Crippen LogP contribution in [0.1, 0.15) is 12.5 Å². The van der Waals surface area contributed by atoms with E-state index in [9.17, 15) is 12.8 Å². The van der Waals surface area contributed by atoms with Crippen LogP contribution in [0, 0.1) is 12.7 Å². The molecule has 21 heavy (non-hydrogen) atoms. The molecule has 0 heterocycles. The number of halogens is 1. The van der Waals surface area contributed by atoms with Crippen molar-refractivity contribution in [3.05, 3.63) is 53.8 Å². The zero-order chi connectivity index (χ0) is 15.6. The fraction of sp³-hybridized carbons (Fsp3) is 0.200. The molecule has 0 unspecified atom stereocenters. The third-order valence-electron chi connectivity index (χ3n) is 3.22. The van der Waals surface area contributed by atoms with Crippen LogP contribution in [0.3, 0.4) is 0 Å². The lowest BCUT2D eigenvalue weighted by molar-refractivity contribution is 0.565. The highest BCUT2D eigenvalue weighted by Crippen LogP contribution is 2.30.